The van der Waals surface area contributed by atoms with Gasteiger partial charge in [0.15, 0.2) is 0 Å². The summed E-state index contributed by atoms with van der Waals surface area (Å²) < 4.78 is 13.8. The zero-order valence-corrected chi connectivity index (χ0v) is 11.5. The molecule has 98 valence electrons. The van der Waals surface area contributed by atoms with Crippen molar-refractivity contribution in [1.82, 2.24) is 4.90 Å². The molecular formula is C13H15BrFNO2. The molecule has 18 heavy (non-hydrogen) atoms. The Bertz CT molecular complexity index is 445. The molecule has 0 aliphatic carbocycles. The van der Waals surface area contributed by atoms with Gasteiger partial charge in [0, 0.05) is 13.1 Å². The maximum Gasteiger partial charge on any atom is 0.407 e. The highest BCUT2D eigenvalue weighted by atomic mass is 79.9. The van der Waals surface area contributed by atoms with E-state index < -0.39 is 6.09 Å². The summed E-state index contributed by atoms with van der Waals surface area (Å²) in [5.74, 6) is 0.205. The first-order valence-corrected chi connectivity index (χ1v) is 6.77. The van der Waals surface area contributed by atoms with E-state index in [0.29, 0.717) is 23.5 Å². The summed E-state index contributed by atoms with van der Waals surface area (Å²) in [6, 6.07) is 5.18. The molecule has 0 aromatic heterocycles. The highest BCUT2D eigenvalue weighted by Gasteiger charge is 2.22. The first-order valence-electron chi connectivity index (χ1n) is 5.98. The Morgan fingerprint density at radius 3 is 2.67 bits per heavy atom. The van der Waals surface area contributed by atoms with Crippen LogP contribution < -0.4 is 0 Å². The van der Waals surface area contributed by atoms with E-state index in [2.05, 4.69) is 15.9 Å². The second kappa shape index (κ2) is 5.69. The molecule has 2 rings (SSSR count). The largest absolute Gasteiger partial charge is 0.465 e. The second-order valence-corrected chi connectivity index (χ2v) is 5.52. The van der Waals surface area contributed by atoms with Crippen LogP contribution in [0.2, 0.25) is 0 Å². The van der Waals surface area contributed by atoms with E-state index in [0.717, 1.165) is 24.8 Å². The molecule has 1 heterocycles. The predicted molar refractivity (Wildman–Crippen MR) is 70.1 cm³/mol. The van der Waals surface area contributed by atoms with Crippen molar-refractivity contribution in [1.29, 1.82) is 0 Å². The van der Waals surface area contributed by atoms with Crippen molar-refractivity contribution in [3.8, 4) is 0 Å². The summed E-state index contributed by atoms with van der Waals surface area (Å²) in [4.78, 5) is 12.2. The van der Waals surface area contributed by atoms with Crippen LogP contribution in [0.1, 0.15) is 18.4 Å². The molecule has 0 radical (unpaired) electrons. The third kappa shape index (κ3) is 3.22. The number of piperidine rings is 1. The third-order valence-electron chi connectivity index (χ3n) is 3.39. The fourth-order valence-electron chi connectivity index (χ4n) is 2.33. The lowest BCUT2D eigenvalue weighted by Gasteiger charge is -2.30. The summed E-state index contributed by atoms with van der Waals surface area (Å²) in [5, 5.41) is 8.85. The lowest BCUT2D eigenvalue weighted by molar-refractivity contribution is 0.124. The number of benzene rings is 1. The average Bonchev–Trinajstić information content (AvgIpc) is 2.34. The minimum Gasteiger partial charge on any atom is -0.465 e. The third-order valence-corrected chi connectivity index (χ3v) is 4.04. The van der Waals surface area contributed by atoms with E-state index in [1.54, 1.807) is 12.1 Å². The first kappa shape index (κ1) is 13.3. The lowest BCUT2D eigenvalue weighted by Crippen LogP contribution is -2.37. The van der Waals surface area contributed by atoms with E-state index in [1.807, 2.05) is 6.07 Å². The van der Waals surface area contributed by atoms with Crippen LogP contribution in [0.25, 0.3) is 0 Å². The van der Waals surface area contributed by atoms with Gasteiger partial charge in [0.05, 0.1) is 4.47 Å². The van der Waals surface area contributed by atoms with Crippen molar-refractivity contribution in [2.45, 2.75) is 19.3 Å². The van der Waals surface area contributed by atoms with Gasteiger partial charge in [0.1, 0.15) is 5.82 Å². The second-order valence-electron chi connectivity index (χ2n) is 4.67. The molecule has 0 bridgehead atoms. The molecule has 1 aliphatic heterocycles. The minimum absolute atomic E-state index is 0.240. The van der Waals surface area contributed by atoms with Crippen molar-refractivity contribution < 1.29 is 14.3 Å². The number of carboxylic acid groups (broad SMARTS) is 1. The molecule has 1 saturated heterocycles. The smallest absolute Gasteiger partial charge is 0.407 e. The van der Waals surface area contributed by atoms with Crippen molar-refractivity contribution in [3.05, 3.63) is 34.1 Å². The zero-order valence-electron chi connectivity index (χ0n) is 9.90. The monoisotopic (exact) mass is 315 g/mol. The van der Waals surface area contributed by atoms with Crippen LogP contribution >= 0.6 is 15.9 Å². The van der Waals surface area contributed by atoms with E-state index in [1.165, 1.54) is 4.90 Å². The Balaban J connectivity index is 1.91. The number of nitrogens with zero attached hydrogens (tertiary/aromatic N) is 1. The summed E-state index contributed by atoms with van der Waals surface area (Å²) in [6.45, 7) is 1.16. The Labute approximate surface area is 114 Å². The predicted octanol–water partition coefficient (Wildman–Crippen LogP) is 3.52. The van der Waals surface area contributed by atoms with Gasteiger partial charge in [-0.1, -0.05) is 6.07 Å². The van der Waals surface area contributed by atoms with Crippen LogP contribution in [0, 0.1) is 11.7 Å². The summed E-state index contributed by atoms with van der Waals surface area (Å²) >= 11 is 3.13. The number of halogens is 2. The summed E-state index contributed by atoms with van der Waals surface area (Å²) in [7, 11) is 0. The number of hydrogen-bond acceptors (Lipinski definition) is 1. The number of hydrogen-bond donors (Lipinski definition) is 1. The number of carbonyl (C=O) groups is 1. The topological polar surface area (TPSA) is 40.5 Å². The quantitative estimate of drug-likeness (QED) is 0.907. The maximum atomic E-state index is 13.4. The number of likely N-dealkylation sites (tertiary alicyclic amines) is 1. The van der Waals surface area contributed by atoms with Crippen molar-refractivity contribution in [2.75, 3.05) is 13.1 Å². The van der Waals surface area contributed by atoms with Gasteiger partial charge in [0.25, 0.3) is 0 Å². The van der Waals surface area contributed by atoms with Gasteiger partial charge in [-0.05, 0) is 58.8 Å². The van der Waals surface area contributed by atoms with Crippen LogP contribution in [0.15, 0.2) is 22.7 Å². The highest BCUT2D eigenvalue weighted by Crippen LogP contribution is 2.24. The van der Waals surface area contributed by atoms with E-state index >= 15 is 0 Å². The van der Waals surface area contributed by atoms with Crippen molar-refractivity contribution in [3.63, 3.8) is 0 Å². The molecule has 1 N–H and O–H groups in total. The molecule has 1 aliphatic rings. The molecular weight excluding hydrogens is 301 g/mol. The van der Waals surface area contributed by atoms with Crippen LogP contribution in [0.5, 0.6) is 0 Å². The van der Waals surface area contributed by atoms with Gasteiger partial charge in [0.2, 0.25) is 0 Å². The van der Waals surface area contributed by atoms with E-state index in [4.69, 9.17) is 5.11 Å². The minimum atomic E-state index is -0.844. The molecule has 1 aromatic carbocycles. The van der Waals surface area contributed by atoms with Gasteiger partial charge < -0.3 is 10.0 Å². The van der Waals surface area contributed by atoms with Gasteiger partial charge in [-0.15, -0.1) is 0 Å². The summed E-state index contributed by atoms with van der Waals surface area (Å²) in [5.41, 5.74) is 0.976. The first-order chi connectivity index (χ1) is 8.56. The van der Waals surface area contributed by atoms with Crippen molar-refractivity contribution >= 4 is 22.0 Å². The molecule has 0 atom stereocenters. The van der Waals surface area contributed by atoms with Gasteiger partial charge in [-0.3, -0.25) is 0 Å². The summed E-state index contributed by atoms with van der Waals surface area (Å²) in [6.07, 6.45) is 1.68. The molecule has 0 spiro atoms. The van der Waals surface area contributed by atoms with Gasteiger partial charge in [-0.25, -0.2) is 9.18 Å². The number of rotatable bonds is 2. The Kier molecular flexibility index (Phi) is 4.22. The molecule has 0 saturated carbocycles. The molecule has 1 amide bonds. The Morgan fingerprint density at radius 1 is 1.44 bits per heavy atom. The average molecular weight is 316 g/mol. The van der Waals surface area contributed by atoms with Crippen LogP contribution in [0.4, 0.5) is 9.18 Å². The van der Waals surface area contributed by atoms with E-state index in [-0.39, 0.29) is 5.82 Å². The van der Waals surface area contributed by atoms with Crippen LogP contribution in [-0.4, -0.2) is 29.2 Å². The number of amides is 1. The SMILES string of the molecule is O=C(O)N1CCC(Cc2ccc(Br)c(F)c2)CC1. The fourth-order valence-corrected chi connectivity index (χ4v) is 2.57. The standard InChI is InChI=1S/C13H15BrFNO2/c14-11-2-1-10(8-12(11)15)7-9-3-5-16(6-4-9)13(17)18/h1-2,8-9H,3-7H2,(H,17,18). The maximum absolute atomic E-state index is 13.4. The molecule has 1 fully saturated rings. The normalized spacial score (nSPS) is 16.9. The van der Waals surface area contributed by atoms with E-state index in [9.17, 15) is 9.18 Å². The van der Waals surface area contributed by atoms with Gasteiger partial charge in [-0.2, -0.15) is 0 Å². The van der Waals surface area contributed by atoms with Gasteiger partial charge >= 0.3 is 6.09 Å². The Morgan fingerprint density at radius 2 is 2.11 bits per heavy atom. The zero-order chi connectivity index (χ0) is 13.1. The highest BCUT2D eigenvalue weighted by molar-refractivity contribution is 9.10. The fraction of sp³-hybridized carbons (Fsp3) is 0.462. The Hall–Kier alpha value is -1.10. The van der Waals surface area contributed by atoms with Crippen LogP contribution in [-0.2, 0) is 6.42 Å². The van der Waals surface area contributed by atoms with Crippen LogP contribution in [0.3, 0.4) is 0 Å². The molecule has 1 aromatic rings. The molecule has 0 unspecified atom stereocenters. The lowest BCUT2D eigenvalue weighted by atomic mass is 9.90. The molecule has 5 heteroatoms. The molecule has 3 nitrogen and oxygen atoms in total. The van der Waals surface area contributed by atoms with Crippen molar-refractivity contribution in [2.24, 2.45) is 5.92 Å².